The first-order valence-electron chi connectivity index (χ1n) is 8.65. The van der Waals surface area contributed by atoms with Gasteiger partial charge >= 0.3 is 0 Å². The Labute approximate surface area is 158 Å². The lowest BCUT2D eigenvalue weighted by molar-refractivity contribution is 0.567. The Bertz CT molecular complexity index is 1100. The minimum atomic E-state index is -3.55. The lowest BCUT2D eigenvalue weighted by Crippen LogP contribution is -2.32. The fraction of sp³-hybridized carbons (Fsp3) is 0.300. The zero-order valence-corrected chi connectivity index (χ0v) is 16.3. The number of nitrogens with one attached hydrogen (secondary N) is 2. The van der Waals surface area contributed by atoms with Crippen LogP contribution in [0.5, 0.6) is 0 Å². The van der Waals surface area contributed by atoms with Crippen molar-refractivity contribution in [2.75, 3.05) is 6.54 Å². The van der Waals surface area contributed by atoms with E-state index < -0.39 is 10.0 Å². The van der Waals surface area contributed by atoms with Crippen molar-refractivity contribution >= 4 is 32.5 Å². The largest absolute Gasteiger partial charge is 0.361 e. The molecule has 0 atom stereocenters. The highest BCUT2D eigenvalue weighted by Gasteiger charge is 2.46. The van der Waals surface area contributed by atoms with Crippen LogP contribution in [0.2, 0.25) is 5.02 Å². The predicted octanol–water partition coefficient (Wildman–Crippen LogP) is 4.45. The van der Waals surface area contributed by atoms with Crippen molar-refractivity contribution in [1.82, 2.24) is 9.71 Å². The van der Waals surface area contributed by atoms with E-state index in [1.807, 2.05) is 50.4 Å². The molecule has 1 saturated carbocycles. The number of H-pyrrole nitrogens is 1. The average molecular weight is 389 g/mol. The topological polar surface area (TPSA) is 62.0 Å². The maximum absolute atomic E-state index is 12.8. The number of aromatic amines is 1. The number of hydrogen-bond acceptors (Lipinski definition) is 2. The van der Waals surface area contributed by atoms with Gasteiger partial charge in [0.05, 0.1) is 4.90 Å². The highest BCUT2D eigenvalue weighted by Crippen LogP contribution is 2.50. The van der Waals surface area contributed by atoms with Gasteiger partial charge in [0.15, 0.2) is 0 Å². The third kappa shape index (κ3) is 3.04. The minimum absolute atomic E-state index is 0.159. The molecule has 136 valence electrons. The minimum Gasteiger partial charge on any atom is -0.361 e. The standard InChI is InChI=1S/C20H21ClN2O2S/c1-13-3-4-14(2)19(9-13)26(24,25)23-12-20(7-8-20)17-11-22-18-6-5-15(21)10-16(17)18/h3-6,9-11,22-23H,7-8,12H2,1-2H3. The summed E-state index contributed by atoms with van der Waals surface area (Å²) in [6.45, 7) is 4.11. The summed E-state index contributed by atoms with van der Waals surface area (Å²) < 4.78 is 28.5. The zero-order valence-electron chi connectivity index (χ0n) is 14.8. The maximum Gasteiger partial charge on any atom is 0.240 e. The van der Waals surface area contributed by atoms with E-state index in [0.717, 1.165) is 40.4 Å². The zero-order chi connectivity index (χ0) is 18.5. The Balaban J connectivity index is 1.63. The van der Waals surface area contributed by atoms with Crippen LogP contribution in [0.15, 0.2) is 47.5 Å². The molecule has 1 aliphatic rings. The summed E-state index contributed by atoms with van der Waals surface area (Å²) in [6, 6.07) is 11.3. The molecule has 4 nitrogen and oxygen atoms in total. The van der Waals surface area contributed by atoms with Crippen LogP contribution in [-0.4, -0.2) is 19.9 Å². The summed E-state index contributed by atoms with van der Waals surface area (Å²) in [6.07, 6.45) is 3.91. The molecule has 1 aromatic heterocycles. The van der Waals surface area contributed by atoms with Gasteiger partial charge < -0.3 is 4.98 Å². The Kier molecular flexibility index (Phi) is 4.14. The second kappa shape index (κ2) is 6.12. The first-order chi connectivity index (χ1) is 12.3. The fourth-order valence-electron chi connectivity index (χ4n) is 3.53. The summed E-state index contributed by atoms with van der Waals surface area (Å²) in [5, 5.41) is 1.76. The number of hydrogen-bond donors (Lipinski definition) is 2. The van der Waals surface area contributed by atoms with Crippen LogP contribution in [0, 0.1) is 13.8 Å². The Hall–Kier alpha value is -1.82. The van der Waals surface area contributed by atoms with Crippen LogP contribution in [0.4, 0.5) is 0 Å². The van der Waals surface area contributed by atoms with E-state index >= 15 is 0 Å². The number of aryl methyl sites for hydroxylation is 2. The number of fused-ring (bicyclic) bond motifs is 1. The normalized spacial score (nSPS) is 16.1. The van der Waals surface area contributed by atoms with Gasteiger partial charge in [0.1, 0.15) is 0 Å². The highest BCUT2D eigenvalue weighted by atomic mass is 35.5. The molecule has 0 unspecified atom stereocenters. The summed E-state index contributed by atoms with van der Waals surface area (Å²) in [7, 11) is -3.55. The van der Waals surface area contributed by atoms with Gasteiger partial charge in [-0.05, 0) is 67.6 Å². The molecule has 0 saturated heterocycles. The van der Waals surface area contributed by atoms with E-state index in [2.05, 4.69) is 9.71 Å². The van der Waals surface area contributed by atoms with Crippen LogP contribution in [0.3, 0.4) is 0 Å². The Morgan fingerprint density at radius 3 is 2.65 bits per heavy atom. The van der Waals surface area contributed by atoms with Crippen LogP contribution >= 0.6 is 11.6 Å². The molecule has 4 rings (SSSR count). The number of aromatic nitrogens is 1. The van der Waals surface area contributed by atoms with Gasteiger partial charge in [-0.15, -0.1) is 0 Å². The molecule has 0 bridgehead atoms. The lowest BCUT2D eigenvalue weighted by atomic mass is 9.96. The van der Waals surface area contributed by atoms with E-state index in [-0.39, 0.29) is 5.41 Å². The van der Waals surface area contributed by atoms with Crippen molar-refractivity contribution in [1.29, 1.82) is 0 Å². The molecule has 3 aromatic rings. The summed E-state index contributed by atoms with van der Waals surface area (Å²) in [5.41, 5.74) is 3.69. The van der Waals surface area contributed by atoms with Gasteiger partial charge in [-0.25, -0.2) is 13.1 Å². The molecular weight excluding hydrogens is 368 g/mol. The third-order valence-electron chi connectivity index (χ3n) is 5.30. The molecule has 0 amide bonds. The average Bonchev–Trinajstić information content (AvgIpc) is 3.27. The Morgan fingerprint density at radius 2 is 1.92 bits per heavy atom. The van der Waals surface area contributed by atoms with Crippen molar-refractivity contribution in [2.24, 2.45) is 0 Å². The smallest absolute Gasteiger partial charge is 0.240 e. The molecule has 1 fully saturated rings. The quantitative estimate of drug-likeness (QED) is 0.678. The molecule has 2 aromatic carbocycles. The molecule has 1 heterocycles. The van der Waals surface area contributed by atoms with Crippen molar-refractivity contribution < 1.29 is 8.42 Å². The molecule has 2 N–H and O–H groups in total. The SMILES string of the molecule is Cc1ccc(C)c(S(=O)(=O)NCC2(c3c[nH]c4ccc(Cl)cc34)CC2)c1. The van der Waals surface area contributed by atoms with E-state index in [9.17, 15) is 8.42 Å². The van der Waals surface area contributed by atoms with Crippen molar-refractivity contribution in [2.45, 2.75) is 37.0 Å². The lowest BCUT2D eigenvalue weighted by Gasteiger charge is -2.17. The number of halogens is 1. The maximum atomic E-state index is 12.8. The van der Waals surface area contributed by atoms with Gasteiger partial charge in [-0.3, -0.25) is 0 Å². The number of benzene rings is 2. The summed E-state index contributed by atoms with van der Waals surface area (Å²) in [5.74, 6) is 0. The molecule has 26 heavy (non-hydrogen) atoms. The van der Waals surface area contributed by atoms with Crippen molar-refractivity contribution in [3.05, 3.63) is 64.3 Å². The number of sulfonamides is 1. The highest BCUT2D eigenvalue weighted by molar-refractivity contribution is 7.89. The molecular formula is C20H21ClN2O2S. The van der Waals surface area contributed by atoms with Crippen LogP contribution < -0.4 is 4.72 Å². The number of rotatable bonds is 5. The van der Waals surface area contributed by atoms with E-state index in [4.69, 9.17) is 11.6 Å². The molecule has 6 heteroatoms. The van der Waals surface area contributed by atoms with Gasteiger partial charge in [0, 0.05) is 34.1 Å². The predicted molar refractivity (Wildman–Crippen MR) is 105 cm³/mol. The first-order valence-corrected chi connectivity index (χ1v) is 10.5. The van der Waals surface area contributed by atoms with Crippen LogP contribution in [0.1, 0.15) is 29.5 Å². The van der Waals surface area contributed by atoms with Gasteiger partial charge in [0.25, 0.3) is 0 Å². The van der Waals surface area contributed by atoms with E-state index in [1.165, 1.54) is 0 Å². The van der Waals surface area contributed by atoms with Crippen molar-refractivity contribution in [3.8, 4) is 0 Å². The molecule has 1 aliphatic carbocycles. The third-order valence-corrected chi connectivity index (χ3v) is 7.08. The van der Waals surface area contributed by atoms with Crippen LogP contribution in [-0.2, 0) is 15.4 Å². The second-order valence-corrected chi connectivity index (χ2v) is 9.44. The molecule has 0 aliphatic heterocycles. The molecule has 0 radical (unpaired) electrons. The van der Waals surface area contributed by atoms with Gasteiger partial charge in [-0.1, -0.05) is 23.7 Å². The van der Waals surface area contributed by atoms with Gasteiger partial charge in [0.2, 0.25) is 10.0 Å². The van der Waals surface area contributed by atoms with E-state index in [1.54, 1.807) is 6.07 Å². The summed E-state index contributed by atoms with van der Waals surface area (Å²) in [4.78, 5) is 3.63. The fourth-order valence-corrected chi connectivity index (χ4v) is 5.16. The van der Waals surface area contributed by atoms with E-state index in [0.29, 0.717) is 16.5 Å². The van der Waals surface area contributed by atoms with Crippen molar-refractivity contribution in [3.63, 3.8) is 0 Å². The van der Waals surface area contributed by atoms with Gasteiger partial charge in [-0.2, -0.15) is 0 Å². The van der Waals surface area contributed by atoms with Crippen LogP contribution in [0.25, 0.3) is 10.9 Å². The second-order valence-electron chi connectivity index (χ2n) is 7.27. The first kappa shape index (κ1) is 17.6. The monoisotopic (exact) mass is 388 g/mol. The molecule has 0 spiro atoms. The Morgan fingerprint density at radius 1 is 1.15 bits per heavy atom. The summed E-state index contributed by atoms with van der Waals surface area (Å²) >= 11 is 6.15.